The van der Waals surface area contributed by atoms with Crippen molar-refractivity contribution >= 4 is 15.7 Å². The molecule has 118 valence electrons. The van der Waals surface area contributed by atoms with Crippen LogP contribution in [0.1, 0.15) is 31.2 Å². The lowest BCUT2D eigenvalue weighted by atomic mass is 9.93. The summed E-state index contributed by atoms with van der Waals surface area (Å²) in [6.07, 6.45) is 2.32. The monoisotopic (exact) mass is 316 g/mol. The molecule has 0 saturated heterocycles. The number of aryl methyl sites for hydroxylation is 1. The number of anilines is 1. The Balaban J connectivity index is 2.39. The van der Waals surface area contributed by atoms with E-state index in [9.17, 15) is 17.9 Å². The number of nitrogens with two attached hydrogens (primary N) is 1. The summed E-state index contributed by atoms with van der Waals surface area (Å²) in [7, 11) is -2.36. The summed E-state index contributed by atoms with van der Waals surface area (Å²) in [6.45, 7) is 1.53. The number of likely N-dealkylation sites (N-methyl/N-ethyl adjacent to an activating group) is 1. The number of hydrogen-bond donors (Lipinski definition) is 2. The molecule has 0 aliphatic heterocycles. The predicted molar refractivity (Wildman–Crippen MR) is 78.8 cm³/mol. The van der Waals surface area contributed by atoms with Gasteiger partial charge in [0.15, 0.2) is 0 Å². The minimum absolute atomic E-state index is 0.0123. The highest BCUT2D eigenvalue weighted by Crippen LogP contribution is 2.29. The molecule has 1 aliphatic rings. The smallest absolute Gasteiger partial charge is 0.243 e. The zero-order valence-electron chi connectivity index (χ0n) is 12.2. The maximum atomic E-state index is 13.4. The third kappa shape index (κ3) is 3.04. The van der Waals surface area contributed by atoms with Gasteiger partial charge in [0.1, 0.15) is 5.82 Å². The summed E-state index contributed by atoms with van der Waals surface area (Å²) in [5, 5.41) is 10.0. The molecule has 0 heterocycles. The maximum absolute atomic E-state index is 13.4. The summed E-state index contributed by atoms with van der Waals surface area (Å²) in [5.41, 5.74) is 5.59. The van der Waals surface area contributed by atoms with Crippen molar-refractivity contribution in [1.29, 1.82) is 0 Å². The topological polar surface area (TPSA) is 83.6 Å². The number of aliphatic hydroxyl groups is 1. The van der Waals surface area contributed by atoms with Gasteiger partial charge in [-0.2, -0.15) is 4.31 Å². The van der Waals surface area contributed by atoms with Crippen LogP contribution in [0.15, 0.2) is 17.0 Å². The molecule has 1 saturated carbocycles. The molecule has 2 atom stereocenters. The van der Waals surface area contributed by atoms with E-state index in [1.807, 2.05) is 0 Å². The molecule has 3 N–H and O–H groups in total. The van der Waals surface area contributed by atoms with Gasteiger partial charge in [0.25, 0.3) is 0 Å². The third-order valence-corrected chi connectivity index (χ3v) is 6.14. The summed E-state index contributed by atoms with van der Waals surface area (Å²) < 4.78 is 40.0. The van der Waals surface area contributed by atoms with Crippen LogP contribution in [0.25, 0.3) is 0 Å². The van der Waals surface area contributed by atoms with Gasteiger partial charge in [-0.25, -0.2) is 12.8 Å². The van der Waals surface area contributed by atoms with Gasteiger partial charge in [0.2, 0.25) is 10.0 Å². The van der Waals surface area contributed by atoms with Crippen LogP contribution in [0, 0.1) is 12.7 Å². The molecular formula is C14H21FN2O3S. The fraction of sp³-hybridized carbons (Fsp3) is 0.571. The Labute approximate surface area is 124 Å². The van der Waals surface area contributed by atoms with Gasteiger partial charge >= 0.3 is 0 Å². The van der Waals surface area contributed by atoms with Crippen molar-refractivity contribution < 1.29 is 17.9 Å². The van der Waals surface area contributed by atoms with E-state index in [-0.39, 0.29) is 10.6 Å². The van der Waals surface area contributed by atoms with Crippen molar-refractivity contribution in [1.82, 2.24) is 4.31 Å². The Morgan fingerprint density at radius 1 is 1.33 bits per heavy atom. The Kier molecular flexibility index (Phi) is 4.55. The van der Waals surface area contributed by atoms with Crippen molar-refractivity contribution in [2.24, 2.45) is 0 Å². The number of nitrogens with zero attached hydrogens (tertiary/aromatic N) is 1. The Bertz CT molecular complexity index is 633. The minimum atomic E-state index is -3.81. The normalized spacial score (nSPS) is 23.5. The molecule has 1 aliphatic carbocycles. The second-order valence-corrected chi connectivity index (χ2v) is 7.55. The minimum Gasteiger partial charge on any atom is -0.396 e. The highest BCUT2D eigenvalue weighted by atomic mass is 32.2. The molecule has 0 aromatic heterocycles. The molecule has 0 bridgehead atoms. The van der Waals surface area contributed by atoms with Crippen LogP contribution in [0.2, 0.25) is 0 Å². The summed E-state index contributed by atoms with van der Waals surface area (Å²) in [6, 6.07) is 1.81. The molecule has 7 heteroatoms. The van der Waals surface area contributed by atoms with E-state index in [0.717, 1.165) is 25.0 Å². The average molecular weight is 316 g/mol. The predicted octanol–water partition coefficient (Wildman–Crippen LogP) is 1.64. The number of benzene rings is 1. The first-order chi connectivity index (χ1) is 9.75. The highest BCUT2D eigenvalue weighted by Gasteiger charge is 2.35. The largest absolute Gasteiger partial charge is 0.396 e. The molecule has 1 fully saturated rings. The summed E-state index contributed by atoms with van der Waals surface area (Å²) in [5.74, 6) is -0.633. The second-order valence-electron chi connectivity index (χ2n) is 5.58. The molecule has 2 rings (SSSR count). The molecule has 1 aromatic carbocycles. The van der Waals surface area contributed by atoms with Crippen molar-refractivity contribution in [2.45, 2.75) is 49.6 Å². The lowest BCUT2D eigenvalue weighted by Gasteiger charge is -2.34. The number of halogens is 1. The van der Waals surface area contributed by atoms with Crippen LogP contribution in [0.3, 0.4) is 0 Å². The Morgan fingerprint density at radius 3 is 2.57 bits per heavy atom. The number of aliphatic hydroxyl groups excluding tert-OH is 1. The SMILES string of the molecule is Cc1cc(F)c(N)cc1S(=O)(=O)N(C)C1CCCCC1O. The van der Waals surface area contributed by atoms with Gasteiger partial charge in [-0.15, -0.1) is 0 Å². The van der Waals surface area contributed by atoms with E-state index >= 15 is 0 Å². The number of hydrogen-bond acceptors (Lipinski definition) is 4. The first-order valence-corrected chi connectivity index (χ1v) is 8.41. The Hall–Kier alpha value is -1.18. The van der Waals surface area contributed by atoms with E-state index in [1.165, 1.54) is 18.3 Å². The molecule has 0 radical (unpaired) electrons. The van der Waals surface area contributed by atoms with Crippen molar-refractivity contribution in [3.05, 3.63) is 23.5 Å². The number of rotatable bonds is 3. The first-order valence-electron chi connectivity index (χ1n) is 6.97. The zero-order valence-corrected chi connectivity index (χ0v) is 13.0. The maximum Gasteiger partial charge on any atom is 0.243 e. The lowest BCUT2D eigenvalue weighted by molar-refractivity contribution is 0.0638. The third-order valence-electron chi connectivity index (χ3n) is 4.11. The molecule has 0 amide bonds. The molecular weight excluding hydrogens is 295 g/mol. The van der Waals surface area contributed by atoms with E-state index < -0.39 is 28.0 Å². The van der Waals surface area contributed by atoms with Gasteiger partial charge in [-0.05, 0) is 37.5 Å². The fourth-order valence-electron chi connectivity index (χ4n) is 2.80. The van der Waals surface area contributed by atoms with E-state index in [4.69, 9.17) is 5.73 Å². The summed E-state index contributed by atoms with van der Waals surface area (Å²) in [4.78, 5) is -0.0123. The molecule has 2 unspecified atom stereocenters. The summed E-state index contributed by atoms with van der Waals surface area (Å²) >= 11 is 0. The van der Waals surface area contributed by atoms with Crippen LogP contribution in [-0.2, 0) is 10.0 Å². The van der Waals surface area contributed by atoms with Gasteiger partial charge in [-0.1, -0.05) is 12.8 Å². The van der Waals surface area contributed by atoms with E-state index in [0.29, 0.717) is 18.4 Å². The van der Waals surface area contributed by atoms with Crippen LogP contribution < -0.4 is 5.73 Å². The molecule has 0 spiro atoms. The first kappa shape index (κ1) is 16.2. The second kappa shape index (κ2) is 5.90. The highest BCUT2D eigenvalue weighted by molar-refractivity contribution is 7.89. The Morgan fingerprint density at radius 2 is 1.95 bits per heavy atom. The van der Waals surface area contributed by atoms with Crippen LogP contribution in [0.5, 0.6) is 0 Å². The van der Waals surface area contributed by atoms with Crippen molar-refractivity contribution in [2.75, 3.05) is 12.8 Å². The van der Waals surface area contributed by atoms with Crippen molar-refractivity contribution in [3.8, 4) is 0 Å². The van der Waals surface area contributed by atoms with Crippen LogP contribution in [0.4, 0.5) is 10.1 Å². The van der Waals surface area contributed by atoms with Crippen molar-refractivity contribution in [3.63, 3.8) is 0 Å². The molecule has 5 nitrogen and oxygen atoms in total. The number of nitrogen functional groups attached to an aromatic ring is 1. The van der Waals surface area contributed by atoms with Gasteiger partial charge < -0.3 is 10.8 Å². The van der Waals surface area contributed by atoms with Gasteiger partial charge in [0.05, 0.1) is 22.7 Å². The zero-order chi connectivity index (χ0) is 15.8. The number of sulfonamides is 1. The van der Waals surface area contributed by atoms with Gasteiger partial charge in [-0.3, -0.25) is 0 Å². The van der Waals surface area contributed by atoms with Crippen LogP contribution in [-0.4, -0.2) is 37.0 Å². The van der Waals surface area contributed by atoms with Crippen LogP contribution >= 0.6 is 0 Å². The fourth-order valence-corrected chi connectivity index (χ4v) is 4.45. The standard InChI is InChI=1S/C14H21FN2O3S/c1-9-7-10(15)11(16)8-14(9)21(19,20)17(2)12-5-3-4-6-13(12)18/h7-8,12-13,18H,3-6,16H2,1-2H3. The molecule has 21 heavy (non-hydrogen) atoms. The quantitative estimate of drug-likeness (QED) is 0.830. The van der Waals surface area contributed by atoms with E-state index in [2.05, 4.69) is 0 Å². The van der Waals surface area contributed by atoms with Gasteiger partial charge in [0, 0.05) is 7.05 Å². The molecule has 1 aromatic rings. The lowest BCUT2D eigenvalue weighted by Crippen LogP contribution is -2.46. The average Bonchev–Trinajstić information content (AvgIpc) is 2.42. The van der Waals surface area contributed by atoms with E-state index in [1.54, 1.807) is 0 Å².